The van der Waals surface area contributed by atoms with E-state index in [-0.39, 0.29) is 18.0 Å². The van der Waals surface area contributed by atoms with Crippen molar-refractivity contribution in [2.45, 2.75) is 6.54 Å². The zero-order valence-electron chi connectivity index (χ0n) is 15.9. The van der Waals surface area contributed by atoms with Crippen molar-refractivity contribution in [3.05, 3.63) is 60.6 Å². The fourth-order valence-corrected chi connectivity index (χ4v) is 2.94. The Labute approximate surface area is 166 Å². The molecule has 0 bridgehead atoms. The van der Waals surface area contributed by atoms with Crippen LogP contribution in [0.1, 0.15) is 5.56 Å². The first kappa shape index (κ1) is 18.4. The van der Waals surface area contributed by atoms with Crippen LogP contribution >= 0.6 is 0 Å². The lowest BCUT2D eigenvalue weighted by Crippen LogP contribution is -1.97. The van der Waals surface area contributed by atoms with Gasteiger partial charge in [0.1, 0.15) is 6.33 Å². The summed E-state index contributed by atoms with van der Waals surface area (Å²) < 4.78 is 12.1. The highest BCUT2D eigenvalue weighted by atomic mass is 16.5. The maximum absolute atomic E-state index is 10.1. The van der Waals surface area contributed by atoms with Crippen LogP contribution in [-0.4, -0.2) is 39.1 Å². The van der Waals surface area contributed by atoms with Crippen LogP contribution in [0.2, 0.25) is 0 Å². The zero-order valence-corrected chi connectivity index (χ0v) is 15.9. The van der Waals surface area contributed by atoms with Crippen LogP contribution in [0.4, 0.5) is 5.82 Å². The minimum atomic E-state index is -0.0226. The number of ether oxygens (including phenoxy) is 2. The second-order valence-electron chi connectivity index (χ2n) is 6.08. The summed E-state index contributed by atoms with van der Waals surface area (Å²) in [5.74, 6) is 1.10. The van der Waals surface area contributed by atoms with Crippen molar-refractivity contribution in [2.24, 2.45) is 10.2 Å². The maximum Gasteiger partial charge on any atom is 0.203 e. The summed E-state index contributed by atoms with van der Waals surface area (Å²) in [5.41, 5.74) is 2.25. The third-order valence-corrected chi connectivity index (χ3v) is 4.28. The van der Waals surface area contributed by atoms with Gasteiger partial charge < -0.3 is 14.6 Å². The van der Waals surface area contributed by atoms with Crippen LogP contribution in [0.5, 0.6) is 17.2 Å². The molecular formula is C20H18N6O3. The minimum absolute atomic E-state index is 0.0226. The van der Waals surface area contributed by atoms with Gasteiger partial charge in [-0.3, -0.25) is 0 Å². The predicted molar refractivity (Wildman–Crippen MR) is 106 cm³/mol. The number of phenols is 1. The van der Waals surface area contributed by atoms with Crippen molar-refractivity contribution < 1.29 is 14.6 Å². The van der Waals surface area contributed by atoms with E-state index in [1.54, 1.807) is 23.0 Å². The Kier molecular flexibility index (Phi) is 5.02. The molecule has 0 unspecified atom stereocenters. The molecule has 9 heteroatoms. The van der Waals surface area contributed by atoms with Gasteiger partial charge in [0.2, 0.25) is 5.75 Å². The molecule has 0 radical (unpaired) electrons. The van der Waals surface area contributed by atoms with Gasteiger partial charge in [0.25, 0.3) is 0 Å². The number of nitrogens with zero attached hydrogens (tertiary/aromatic N) is 6. The molecule has 0 amide bonds. The summed E-state index contributed by atoms with van der Waals surface area (Å²) in [5, 5.41) is 23.6. The number of hydrogen-bond acceptors (Lipinski definition) is 8. The normalized spacial score (nSPS) is 11.2. The number of rotatable bonds is 6. The monoisotopic (exact) mass is 390 g/mol. The molecule has 1 N–H and O–H groups in total. The minimum Gasteiger partial charge on any atom is -0.504 e. The third kappa shape index (κ3) is 3.57. The Hall–Kier alpha value is -4.01. The second-order valence-corrected chi connectivity index (χ2v) is 6.08. The largest absolute Gasteiger partial charge is 0.504 e. The first-order chi connectivity index (χ1) is 14.2. The van der Waals surface area contributed by atoms with Crippen molar-refractivity contribution >= 4 is 16.9 Å². The fourth-order valence-electron chi connectivity index (χ4n) is 2.94. The Morgan fingerprint density at radius 1 is 1.07 bits per heavy atom. The smallest absolute Gasteiger partial charge is 0.203 e. The summed E-state index contributed by atoms with van der Waals surface area (Å²) in [6.45, 7) is 0.228. The van der Waals surface area contributed by atoms with E-state index in [4.69, 9.17) is 9.47 Å². The van der Waals surface area contributed by atoms with E-state index in [1.165, 1.54) is 20.5 Å². The van der Waals surface area contributed by atoms with Crippen LogP contribution in [0.3, 0.4) is 0 Å². The Morgan fingerprint density at radius 2 is 1.90 bits per heavy atom. The third-order valence-electron chi connectivity index (χ3n) is 4.28. The number of azo groups is 1. The van der Waals surface area contributed by atoms with E-state index in [0.717, 1.165) is 5.69 Å². The first-order valence-corrected chi connectivity index (χ1v) is 8.76. The van der Waals surface area contributed by atoms with Gasteiger partial charge in [-0.05, 0) is 29.8 Å². The van der Waals surface area contributed by atoms with E-state index >= 15 is 0 Å². The summed E-state index contributed by atoms with van der Waals surface area (Å²) in [4.78, 5) is 8.53. The second kappa shape index (κ2) is 7.93. The van der Waals surface area contributed by atoms with Crippen LogP contribution in [0.15, 0.2) is 65.2 Å². The molecule has 146 valence electrons. The number of methoxy groups -OCH3 is 2. The topological polar surface area (TPSA) is 107 Å². The van der Waals surface area contributed by atoms with Crippen molar-refractivity contribution in [1.82, 2.24) is 19.7 Å². The van der Waals surface area contributed by atoms with Crippen molar-refractivity contribution in [3.8, 4) is 22.9 Å². The van der Waals surface area contributed by atoms with Gasteiger partial charge in [0.15, 0.2) is 23.0 Å². The van der Waals surface area contributed by atoms with E-state index < -0.39 is 0 Å². The molecule has 0 aliphatic carbocycles. The van der Waals surface area contributed by atoms with Crippen molar-refractivity contribution in [2.75, 3.05) is 14.2 Å². The van der Waals surface area contributed by atoms with Gasteiger partial charge in [-0.1, -0.05) is 18.2 Å². The average molecular weight is 390 g/mol. The van der Waals surface area contributed by atoms with Gasteiger partial charge in [-0.2, -0.15) is 10.2 Å². The number of benzene rings is 2. The highest BCUT2D eigenvalue weighted by molar-refractivity contribution is 5.85. The molecule has 4 aromatic rings. The Morgan fingerprint density at radius 3 is 2.66 bits per heavy atom. The molecule has 2 heterocycles. The van der Waals surface area contributed by atoms with E-state index in [9.17, 15) is 5.11 Å². The molecule has 0 spiro atoms. The van der Waals surface area contributed by atoms with Crippen LogP contribution in [0.25, 0.3) is 16.7 Å². The molecule has 0 atom stereocenters. The molecule has 2 aromatic carbocycles. The lowest BCUT2D eigenvalue weighted by molar-refractivity contribution is 0.332. The van der Waals surface area contributed by atoms with Gasteiger partial charge in [-0.25, -0.2) is 14.6 Å². The van der Waals surface area contributed by atoms with E-state index in [1.807, 2.05) is 30.3 Å². The SMILES string of the molecule is COc1cc(CN=Nc2ncnc3c2cnn3-c2ccccc2)cc(O)c1OC. The molecule has 0 aliphatic rings. The first-order valence-electron chi connectivity index (χ1n) is 8.76. The van der Waals surface area contributed by atoms with Gasteiger partial charge in [-0.15, -0.1) is 5.11 Å². The molecule has 0 aliphatic heterocycles. The summed E-state index contributed by atoms with van der Waals surface area (Å²) >= 11 is 0. The molecule has 9 nitrogen and oxygen atoms in total. The van der Waals surface area contributed by atoms with Crippen LogP contribution in [0, 0.1) is 0 Å². The lowest BCUT2D eigenvalue weighted by atomic mass is 10.2. The number of fused-ring (bicyclic) bond motifs is 1. The van der Waals surface area contributed by atoms with Gasteiger partial charge in [0.05, 0.1) is 38.0 Å². The number of aromatic hydroxyl groups is 1. The number of aromatic nitrogens is 4. The lowest BCUT2D eigenvalue weighted by Gasteiger charge is -2.10. The fraction of sp³-hybridized carbons (Fsp3) is 0.150. The number of para-hydroxylation sites is 1. The summed E-state index contributed by atoms with van der Waals surface area (Å²) in [6.07, 6.45) is 3.10. The van der Waals surface area contributed by atoms with Crippen LogP contribution < -0.4 is 9.47 Å². The molecular weight excluding hydrogens is 372 g/mol. The summed E-state index contributed by atoms with van der Waals surface area (Å²) in [6, 6.07) is 13.0. The van der Waals surface area contributed by atoms with Crippen molar-refractivity contribution in [1.29, 1.82) is 0 Å². The van der Waals surface area contributed by atoms with Crippen molar-refractivity contribution in [3.63, 3.8) is 0 Å². The molecule has 0 fully saturated rings. The van der Waals surface area contributed by atoms with E-state index in [0.29, 0.717) is 28.2 Å². The average Bonchev–Trinajstić information content (AvgIpc) is 3.19. The molecule has 4 rings (SSSR count). The predicted octanol–water partition coefficient (Wildman–Crippen LogP) is 3.82. The highest BCUT2D eigenvalue weighted by Gasteiger charge is 2.12. The molecule has 0 saturated heterocycles. The van der Waals surface area contributed by atoms with Crippen LogP contribution in [-0.2, 0) is 6.54 Å². The van der Waals surface area contributed by atoms with Gasteiger partial charge in [0, 0.05) is 0 Å². The molecule has 29 heavy (non-hydrogen) atoms. The quantitative estimate of drug-likeness (QED) is 0.502. The molecule has 0 saturated carbocycles. The Bertz CT molecular complexity index is 1170. The standard InChI is InChI=1S/C20H18N6O3/c1-28-17-9-13(8-16(27)18(17)29-2)10-23-25-19-15-11-24-26(20(15)22-12-21-19)14-6-4-3-5-7-14/h3-9,11-12,27H,10H2,1-2H3. The zero-order chi connectivity index (χ0) is 20.2. The maximum atomic E-state index is 10.1. The summed E-state index contributed by atoms with van der Waals surface area (Å²) in [7, 11) is 2.97. The van der Waals surface area contributed by atoms with E-state index in [2.05, 4.69) is 25.3 Å². The molecule has 2 aromatic heterocycles. The van der Waals surface area contributed by atoms with Gasteiger partial charge >= 0.3 is 0 Å². The number of phenolic OH excluding ortho intramolecular Hbond substituents is 1. The Balaban J connectivity index is 1.61. The highest BCUT2D eigenvalue weighted by Crippen LogP contribution is 2.37. The number of hydrogen-bond donors (Lipinski definition) is 1.